The summed E-state index contributed by atoms with van der Waals surface area (Å²) < 4.78 is 10.2. The number of ether oxygens (including phenoxy) is 2. The Balaban J connectivity index is 1.28. The number of hydrogen-bond donors (Lipinski definition) is 0. The van der Waals surface area contributed by atoms with Gasteiger partial charge in [-0.3, -0.25) is 0 Å². The Bertz CT molecular complexity index is 2590. The van der Waals surface area contributed by atoms with E-state index in [1.54, 1.807) is 18.2 Å². The fourth-order valence-electron chi connectivity index (χ4n) is 6.62. The number of hydrogen-bond acceptors (Lipinski definition) is 8. The molecule has 0 bridgehead atoms. The molecule has 0 radical (unpaired) electrons. The summed E-state index contributed by atoms with van der Waals surface area (Å²) in [7, 11) is 2.75. The Morgan fingerprint density at radius 2 is 1.02 bits per heavy atom. The minimum atomic E-state index is -0.446. The number of methoxy groups -OCH3 is 2. The van der Waals surface area contributed by atoms with Crippen LogP contribution in [0.4, 0.5) is 0 Å². The Morgan fingerprint density at radius 3 is 1.58 bits per heavy atom. The van der Waals surface area contributed by atoms with Crippen molar-refractivity contribution >= 4 is 39.6 Å². The zero-order valence-electron chi connectivity index (χ0n) is 28.5. The highest BCUT2D eigenvalue weighted by molar-refractivity contribution is 6.01. The van der Waals surface area contributed by atoms with Crippen LogP contribution in [0.1, 0.15) is 39.3 Å². The smallest absolute Gasteiger partial charge is 0.338 e. The highest BCUT2D eigenvalue weighted by atomic mass is 16.5. The van der Waals surface area contributed by atoms with Gasteiger partial charge in [0.25, 0.3) is 0 Å². The number of carbonyl (C=O) groups is 2. The van der Waals surface area contributed by atoms with Gasteiger partial charge in [0, 0.05) is 16.7 Å². The Hall–Kier alpha value is -6.80. The average molecular weight is 681 g/mol. The second kappa shape index (κ2) is 13.8. The Morgan fingerprint density at radius 1 is 0.519 bits per heavy atom. The van der Waals surface area contributed by atoms with Crippen LogP contribution < -0.4 is 0 Å². The fraction of sp³-hybridized carbons (Fsp3) is 0.0909. The second-order valence-corrected chi connectivity index (χ2v) is 12.3. The number of nitrogens with zero attached hydrogens (tertiary/aromatic N) is 4. The molecule has 0 amide bonds. The van der Waals surface area contributed by atoms with Gasteiger partial charge in [-0.05, 0) is 65.9 Å². The lowest BCUT2D eigenvalue weighted by Gasteiger charge is -2.16. The maximum atomic E-state index is 12.8. The van der Waals surface area contributed by atoms with Gasteiger partial charge in [-0.1, -0.05) is 97.1 Å². The lowest BCUT2D eigenvalue weighted by Crippen LogP contribution is -2.07. The summed E-state index contributed by atoms with van der Waals surface area (Å²) >= 11 is 0. The van der Waals surface area contributed by atoms with Crippen LogP contribution in [0.25, 0.3) is 72.5 Å². The Kier molecular flexibility index (Phi) is 8.63. The van der Waals surface area contributed by atoms with Gasteiger partial charge in [-0.25, -0.2) is 29.5 Å². The van der Waals surface area contributed by atoms with Crippen LogP contribution in [-0.2, 0) is 9.47 Å². The molecule has 1 aliphatic carbocycles. The monoisotopic (exact) mass is 680 g/mol. The van der Waals surface area contributed by atoms with E-state index in [1.165, 1.54) is 14.2 Å². The number of fused-ring (bicyclic) bond motifs is 2. The predicted octanol–water partition coefficient (Wildman–Crippen LogP) is 9.55. The molecule has 52 heavy (non-hydrogen) atoms. The minimum Gasteiger partial charge on any atom is -0.465 e. The maximum Gasteiger partial charge on any atom is 0.338 e. The first-order valence-electron chi connectivity index (χ1n) is 16.9. The third kappa shape index (κ3) is 6.00. The highest BCUT2D eigenvalue weighted by Gasteiger charge is 2.22. The van der Waals surface area contributed by atoms with Crippen LogP contribution in [0.3, 0.4) is 0 Å². The molecule has 1 aliphatic rings. The van der Waals surface area contributed by atoms with Crippen molar-refractivity contribution in [2.45, 2.75) is 12.8 Å². The highest BCUT2D eigenvalue weighted by Crippen LogP contribution is 2.37. The largest absolute Gasteiger partial charge is 0.465 e. The van der Waals surface area contributed by atoms with Crippen LogP contribution in [0, 0.1) is 0 Å². The number of aromatic nitrogens is 4. The zero-order valence-corrected chi connectivity index (χ0v) is 28.5. The Labute approximate surface area is 300 Å². The van der Waals surface area contributed by atoms with E-state index in [0.717, 1.165) is 51.8 Å². The van der Waals surface area contributed by atoms with Gasteiger partial charge in [-0.2, -0.15) is 0 Å². The van der Waals surface area contributed by atoms with Crippen molar-refractivity contribution in [3.05, 3.63) is 150 Å². The van der Waals surface area contributed by atoms with Gasteiger partial charge in [0.2, 0.25) is 0 Å². The number of carbonyl (C=O) groups excluding carboxylic acids is 2. The maximum absolute atomic E-state index is 12.8. The van der Waals surface area contributed by atoms with Crippen molar-refractivity contribution in [3.63, 3.8) is 0 Å². The van der Waals surface area contributed by atoms with E-state index < -0.39 is 11.9 Å². The van der Waals surface area contributed by atoms with Gasteiger partial charge in [0.15, 0.2) is 0 Å². The molecule has 8 nitrogen and oxygen atoms in total. The van der Waals surface area contributed by atoms with Crippen molar-refractivity contribution in [3.8, 4) is 44.9 Å². The second-order valence-electron chi connectivity index (χ2n) is 12.3. The van der Waals surface area contributed by atoms with Gasteiger partial charge >= 0.3 is 11.9 Å². The molecule has 7 aromatic rings. The van der Waals surface area contributed by atoms with Crippen molar-refractivity contribution in [1.82, 2.24) is 19.9 Å². The predicted molar refractivity (Wildman–Crippen MR) is 203 cm³/mol. The normalized spacial score (nSPS) is 12.5. The molecule has 0 spiro atoms. The van der Waals surface area contributed by atoms with E-state index in [1.807, 2.05) is 103 Å². The zero-order chi connectivity index (χ0) is 35.6. The van der Waals surface area contributed by atoms with Gasteiger partial charge in [0.05, 0.1) is 70.2 Å². The first-order valence-corrected chi connectivity index (χ1v) is 16.9. The molecule has 0 atom stereocenters. The summed E-state index contributed by atoms with van der Waals surface area (Å²) in [5.41, 5.74) is 11.4. The summed E-state index contributed by atoms with van der Waals surface area (Å²) in [5, 5.41) is 0. The molecular weight excluding hydrogens is 649 g/mol. The first kappa shape index (κ1) is 32.4. The van der Waals surface area contributed by atoms with E-state index in [9.17, 15) is 9.59 Å². The molecular formula is C44H32N4O4. The molecule has 0 aliphatic heterocycles. The van der Waals surface area contributed by atoms with Gasteiger partial charge in [-0.15, -0.1) is 0 Å². The average Bonchev–Trinajstić information content (AvgIpc) is 3.22. The summed E-state index contributed by atoms with van der Waals surface area (Å²) in [6, 6.07) is 36.5. The molecule has 2 aromatic heterocycles. The quantitative estimate of drug-likeness (QED) is 0.153. The molecule has 5 aromatic carbocycles. The van der Waals surface area contributed by atoms with E-state index in [-0.39, 0.29) is 0 Å². The standard InChI is InChI=1S/C44H32N4O4/c1-51-43(49)33-19-11-9-17-31(33)41-40(28-15-7-4-8-16-28)47-37-25-29(22-24-36(37)46-41)30-21-23-35-38(26-30)48-42(39(45-35)27-13-5-3-6-14-27)32-18-10-12-20-34(32)44(50)52-2/h3-7,9-15,17-26H,8,16H2,1-2H3. The van der Waals surface area contributed by atoms with Crippen molar-refractivity contribution in [2.75, 3.05) is 14.2 Å². The van der Waals surface area contributed by atoms with E-state index >= 15 is 0 Å². The van der Waals surface area contributed by atoms with Crippen LogP contribution in [0.2, 0.25) is 0 Å². The molecule has 2 heterocycles. The fourth-order valence-corrected chi connectivity index (χ4v) is 6.62. The summed E-state index contributed by atoms with van der Waals surface area (Å²) in [4.78, 5) is 46.1. The molecule has 0 N–H and O–H groups in total. The summed E-state index contributed by atoms with van der Waals surface area (Å²) in [6.07, 6.45) is 7.92. The molecule has 8 rings (SSSR count). The minimum absolute atomic E-state index is 0.410. The van der Waals surface area contributed by atoms with Crippen molar-refractivity contribution in [1.29, 1.82) is 0 Å². The number of allylic oxidation sites excluding steroid dienone is 4. The number of rotatable bonds is 7. The molecule has 0 saturated heterocycles. The number of esters is 2. The first-order chi connectivity index (χ1) is 25.5. The third-order valence-electron chi connectivity index (χ3n) is 9.20. The molecule has 0 saturated carbocycles. The van der Waals surface area contributed by atoms with Crippen LogP contribution in [0.5, 0.6) is 0 Å². The lowest BCUT2D eigenvalue weighted by atomic mass is 9.95. The number of benzene rings is 5. The molecule has 0 fully saturated rings. The third-order valence-corrected chi connectivity index (χ3v) is 9.20. The van der Waals surface area contributed by atoms with Crippen LogP contribution in [-0.4, -0.2) is 46.1 Å². The van der Waals surface area contributed by atoms with Crippen LogP contribution >= 0.6 is 0 Å². The molecule has 0 unspecified atom stereocenters. The molecule has 252 valence electrons. The van der Waals surface area contributed by atoms with Crippen molar-refractivity contribution < 1.29 is 19.1 Å². The summed E-state index contributed by atoms with van der Waals surface area (Å²) in [5.74, 6) is -0.873. The van der Waals surface area contributed by atoms with Crippen LogP contribution in [0.15, 0.2) is 133 Å². The van der Waals surface area contributed by atoms with Gasteiger partial charge < -0.3 is 9.47 Å². The SMILES string of the molecule is COC(=O)c1ccccc1-c1nc2ccc(-c3ccc4nc(-c5ccccc5)c(-c5ccccc5C(=O)OC)nc4c3)cc2nc1C1=CC=CCC1. The topological polar surface area (TPSA) is 104 Å². The summed E-state index contributed by atoms with van der Waals surface area (Å²) in [6.45, 7) is 0. The van der Waals surface area contributed by atoms with E-state index in [2.05, 4.69) is 12.2 Å². The molecule has 8 heteroatoms. The van der Waals surface area contributed by atoms with Crippen molar-refractivity contribution in [2.24, 2.45) is 0 Å². The van der Waals surface area contributed by atoms with E-state index in [0.29, 0.717) is 50.4 Å². The van der Waals surface area contributed by atoms with Gasteiger partial charge in [0.1, 0.15) is 0 Å². The lowest BCUT2D eigenvalue weighted by molar-refractivity contribution is 0.0592. The van der Waals surface area contributed by atoms with E-state index in [4.69, 9.17) is 29.4 Å².